The van der Waals surface area contributed by atoms with Gasteiger partial charge in [0, 0.05) is 29.4 Å². The summed E-state index contributed by atoms with van der Waals surface area (Å²) in [6.07, 6.45) is 0. The second-order valence-electron chi connectivity index (χ2n) is 6.62. The summed E-state index contributed by atoms with van der Waals surface area (Å²) in [5.41, 5.74) is 3.13. The Kier molecular flexibility index (Phi) is 4.19. The number of rotatable bonds is 2. The summed E-state index contributed by atoms with van der Waals surface area (Å²) in [5.74, 6) is -0.842. The number of carbonyl (C=O) groups is 1. The highest BCUT2D eigenvalue weighted by Crippen LogP contribution is 2.44. The van der Waals surface area contributed by atoms with Crippen molar-refractivity contribution in [3.05, 3.63) is 77.6 Å². The molecular weight excluding hydrogens is 379 g/mol. The highest BCUT2D eigenvalue weighted by atomic mass is 32.2. The molecule has 1 heterocycles. The van der Waals surface area contributed by atoms with E-state index in [1.807, 2.05) is 0 Å². The second kappa shape index (κ2) is 6.45. The van der Waals surface area contributed by atoms with Crippen LogP contribution in [0.25, 0.3) is 11.1 Å². The van der Waals surface area contributed by atoms with Gasteiger partial charge in [-0.3, -0.25) is 9.10 Å². The summed E-state index contributed by atoms with van der Waals surface area (Å²) in [5, 5.41) is 2.67. The third-order valence-electron chi connectivity index (χ3n) is 4.78. The quantitative estimate of drug-likeness (QED) is 0.706. The average Bonchev–Trinajstić information content (AvgIpc) is 2.66. The van der Waals surface area contributed by atoms with Gasteiger partial charge in [0.2, 0.25) is 0 Å². The van der Waals surface area contributed by atoms with Crippen LogP contribution in [0.4, 0.5) is 15.8 Å². The molecular formula is C21H17FN2O3S. The van der Waals surface area contributed by atoms with Crippen molar-refractivity contribution >= 4 is 27.3 Å². The molecule has 0 saturated carbocycles. The second-order valence-corrected chi connectivity index (χ2v) is 8.56. The number of sulfonamides is 1. The first-order chi connectivity index (χ1) is 13.3. The normalized spacial score (nSPS) is 14.2. The molecule has 0 bridgehead atoms. The highest BCUT2D eigenvalue weighted by Gasteiger charge is 2.33. The molecule has 0 fully saturated rings. The van der Waals surface area contributed by atoms with Gasteiger partial charge in [0.05, 0.1) is 10.6 Å². The molecule has 0 spiro atoms. The molecule has 0 atom stereocenters. The van der Waals surface area contributed by atoms with Gasteiger partial charge in [-0.2, -0.15) is 0 Å². The Bertz CT molecular complexity index is 1220. The summed E-state index contributed by atoms with van der Waals surface area (Å²) in [6.45, 7) is 1.76. The molecule has 3 aromatic carbocycles. The number of nitrogens with zero attached hydrogens (tertiary/aromatic N) is 1. The average molecular weight is 396 g/mol. The van der Waals surface area contributed by atoms with Crippen molar-refractivity contribution in [1.82, 2.24) is 0 Å². The monoisotopic (exact) mass is 396 g/mol. The fourth-order valence-corrected chi connectivity index (χ4v) is 4.97. The lowest BCUT2D eigenvalue weighted by molar-refractivity contribution is 0.102. The van der Waals surface area contributed by atoms with Gasteiger partial charge in [-0.1, -0.05) is 24.3 Å². The van der Waals surface area contributed by atoms with Crippen LogP contribution < -0.4 is 9.62 Å². The molecule has 28 heavy (non-hydrogen) atoms. The Balaban J connectivity index is 1.83. The molecule has 1 aliphatic heterocycles. The zero-order valence-corrected chi connectivity index (χ0v) is 16.0. The predicted molar refractivity (Wildman–Crippen MR) is 107 cm³/mol. The number of anilines is 2. The van der Waals surface area contributed by atoms with Crippen molar-refractivity contribution in [2.24, 2.45) is 0 Å². The van der Waals surface area contributed by atoms with Gasteiger partial charge in [-0.25, -0.2) is 12.8 Å². The summed E-state index contributed by atoms with van der Waals surface area (Å²) in [6, 6.07) is 15.7. The molecule has 0 saturated heterocycles. The number of carbonyl (C=O) groups excluding carboxylic acids is 1. The molecule has 4 rings (SSSR count). The van der Waals surface area contributed by atoms with E-state index in [1.54, 1.807) is 49.4 Å². The van der Waals surface area contributed by atoms with E-state index in [0.29, 0.717) is 33.6 Å². The minimum atomic E-state index is -3.65. The van der Waals surface area contributed by atoms with Crippen LogP contribution in [0.1, 0.15) is 15.9 Å². The summed E-state index contributed by atoms with van der Waals surface area (Å²) >= 11 is 0. The van der Waals surface area contributed by atoms with Crippen molar-refractivity contribution in [3.8, 4) is 11.1 Å². The van der Waals surface area contributed by atoms with Crippen molar-refractivity contribution in [2.75, 3.05) is 16.7 Å². The van der Waals surface area contributed by atoms with E-state index in [1.165, 1.54) is 29.6 Å². The maximum Gasteiger partial charge on any atom is 0.264 e. The summed E-state index contributed by atoms with van der Waals surface area (Å²) < 4.78 is 40.3. The van der Waals surface area contributed by atoms with E-state index in [2.05, 4.69) is 5.32 Å². The minimum absolute atomic E-state index is 0.201. The maximum atomic E-state index is 13.4. The molecule has 142 valence electrons. The lowest BCUT2D eigenvalue weighted by Gasteiger charge is -2.31. The number of nitrogens with one attached hydrogen (secondary N) is 1. The zero-order valence-electron chi connectivity index (χ0n) is 15.2. The third-order valence-corrected chi connectivity index (χ3v) is 6.59. The van der Waals surface area contributed by atoms with Crippen LogP contribution in [0.15, 0.2) is 65.6 Å². The number of aryl methyl sites for hydroxylation is 1. The van der Waals surface area contributed by atoms with Crippen molar-refractivity contribution in [1.29, 1.82) is 0 Å². The number of benzene rings is 3. The topological polar surface area (TPSA) is 66.5 Å². The van der Waals surface area contributed by atoms with E-state index in [9.17, 15) is 17.6 Å². The minimum Gasteiger partial charge on any atom is -0.322 e. The highest BCUT2D eigenvalue weighted by molar-refractivity contribution is 7.93. The van der Waals surface area contributed by atoms with Crippen LogP contribution in [0.5, 0.6) is 0 Å². The lowest BCUT2D eigenvalue weighted by atomic mass is 9.96. The van der Waals surface area contributed by atoms with Crippen LogP contribution >= 0.6 is 0 Å². The van der Waals surface area contributed by atoms with Gasteiger partial charge in [0.15, 0.2) is 0 Å². The third kappa shape index (κ3) is 2.84. The molecule has 1 N–H and O–H groups in total. The molecule has 0 radical (unpaired) electrons. The number of hydrogen-bond acceptors (Lipinski definition) is 3. The van der Waals surface area contributed by atoms with Crippen molar-refractivity contribution in [2.45, 2.75) is 11.8 Å². The van der Waals surface area contributed by atoms with E-state index in [4.69, 9.17) is 0 Å². The Labute approximate surface area is 162 Å². The smallest absolute Gasteiger partial charge is 0.264 e. The molecule has 7 heteroatoms. The molecule has 0 unspecified atom stereocenters. The Hall–Kier alpha value is -3.19. The first-order valence-corrected chi connectivity index (χ1v) is 10.0. The molecule has 5 nitrogen and oxygen atoms in total. The maximum absolute atomic E-state index is 13.4. The standard InChI is InChI=1S/C21H17FN2O3S/c1-13-10-14(21(25)23-16-7-5-6-15(22)12-16)11-18-17-8-3-4-9-19(17)28(26,27)24(2)20(13)18/h3-12H,1-2H3,(H,23,25). The van der Waals surface area contributed by atoms with Gasteiger partial charge in [0.25, 0.3) is 15.9 Å². The van der Waals surface area contributed by atoms with Crippen molar-refractivity contribution < 1.29 is 17.6 Å². The molecule has 0 aromatic heterocycles. The van der Waals surface area contributed by atoms with Crippen LogP contribution in [0.2, 0.25) is 0 Å². The first-order valence-electron chi connectivity index (χ1n) is 8.59. The van der Waals surface area contributed by atoms with Crippen LogP contribution in [0.3, 0.4) is 0 Å². The van der Waals surface area contributed by atoms with E-state index >= 15 is 0 Å². The number of halogens is 1. The SMILES string of the molecule is Cc1cc(C(=O)Nc2cccc(F)c2)cc2c1N(C)S(=O)(=O)c1ccccc1-2. The largest absolute Gasteiger partial charge is 0.322 e. The van der Waals surface area contributed by atoms with Crippen LogP contribution in [-0.2, 0) is 10.0 Å². The summed E-state index contributed by atoms with van der Waals surface area (Å²) in [4.78, 5) is 12.9. The molecule has 3 aromatic rings. The summed E-state index contributed by atoms with van der Waals surface area (Å²) in [7, 11) is -2.15. The van der Waals surface area contributed by atoms with Crippen LogP contribution in [-0.4, -0.2) is 21.4 Å². The van der Waals surface area contributed by atoms with Gasteiger partial charge >= 0.3 is 0 Å². The zero-order chi connectivity index (χ0) is 20.1. The lowest BCUT2D eigenvalue weighted by Crippen LogP contribution is -2.31. The first kappa shape index (κ1) is 18.2. The van der Waals surface area contributed by atoms with Gasteiger partial charge in [-0.05, 0) is 48.9 Å². The van der Waals surface area contributed by atoms with Gasteiger partial charge in [0.1, 0.15) is 5.82 Å². The van der Waals surface area contributed by atoms with E-state index in [0.717, 1.165) is 0 Å². The Morgan fingerprint density at radius 3 is 2.50 bits per heavy atom. The van der Waals surface area contributed by atoms with E-state index < -0.39 is 21.7 Å². The van der Waals surface area contributed by atoms with Gasteiger partial charge < -0.3 is 5.32 Å². The molecule has 0 aliphatic carbocycles. The fourth-order valence-electron chi connectivity index (χ4n) is 3.49. The molecule has 1 aliphatic rings. The Morgan fingerprint density at radius 2 is 1.75 bits per heavy atom. The van der Waals surface area contributed by atoms with Crippen LogP contribution in [0, 0.1) is 12.7 Å². The number of fused-ring (bicyclic) bond motifs is 3. The van der Waals surface area contributed by atoms with Gasteiger partial charge in [-0.15, -0.1) is 0 Å². The Morgan fingerprint density at radius 1 is 1.00 bits per heavy atom. The predicted octanol–water partition coefficient (Wildman–Crippen LogP) is 4.19. The number of amides is 1. The fraction of sp³-hybridized carbons (Fsp3) is 0.0952. The van der Waals surface area contributed by atoms with E-state index in [-0.39, 0.29) is 4.90 Å². The molecule has 1 amide bonds. The van der Waals surface area contributed by atoms with Crippen molar-refractivity contribution in [3.63, 3.8) is 0 Å². The number of hydrogen-bond donors (Lipinski definition) is 1.